The first-order valence-electron chi connectivity index (χ1n) is 8.88. The lowest BCUT2D eigenvalue weighted by Gasteiger charge is -2.39. The number of nitrogens with zero attached hydrogens (tertiary/aromatic N) is 2. The van der Waals surface area contributed by atoms with Crippen molar-refractivity contribution in [1.29, 1.82) is 0 Å². The summed E-state index contributed by atoms with van der Waals surface area (Å²) >= 11 is 2.03. The Bertz CT molecular complexity index is 655. The third-order valence-corrected chi connectivity index (χ3v) is 6.19. The molecule has 3 aliphatic rings. The lowest BCUT2D eigenvalue weighted by molar-refractivity contribution is 0.0189. The van der Waals surface area contributed by atoms with Crippen LogP contribution in [0.25, 0.3) is 0 Å². The summed E-state index contributed by atoms with van der Waals surface area (Å²) in [5.74, 6) is 2.71. The third kappa shape index (κ3) is 2.77. The maximum absolute atomic E-state index is 12.5. The molecule has 1 fully saturated rings. The molecule has 2 atom stereocenters. The van der Waals surface area contributed by atoms with Gasteiger partial charge >= 0.3 is 6.09 Å². The van der Waals surface area contributed by atoms with Gasteiger partial charge in [-0.1, -0.05) is 18.2 Å². The number of hydrogen-bond acceptors (Lipinski definition) is 4. The fourth-order valence-corrected chi connectivity index (χ4v) is 5.20. The van der Waals surface area contributed by atoms with Crippen LogP contribution in [-0.2, 0) is 10.5 Å². The van der Waals surface area contributed by atoms with Crippen LogP contribution in [0.2, 0.25) is 0 Å². The van der Waals surface area contributed by atoms with Crippen molar-refractivity contribution in [3.8, 4) is 0 Å². The first kappa shape index (κ1) is 16.1. The highest BCUT2D eigenvalue weighted by Gasteiger charge is 2.44. The molecule has 1 saturated heterocycles. The van der Waals surface area contributed by atoms with Crippen LogP contribution in [0.5, 0.6) is 0 Å². The minimum Gasteiger partial charge on any atom is -0.444 e. The van der Waals surface area contributed by atoms with Crippen molar-refractivity contribution >= 4 is 23.5 Å². The summed E-state index contributed by atoms with van der Waals surface area (Å²) in [7, 11) is 0. The third-order valence-electron chi connectivity index (χ3n) is 5.20. The standard InChI is InChI=1S/C19H26N2O2S/c1-19(2,3)23-18(22)20-8-7-16-15(11-20)14-6-4-5-13-12-24-10-9-21(16)17(13)14/h4-6,15-16H,7-12H2,1-3H3/t15-,16-/m1/s1. The maximum Gasteiger partial charge on any atom is 0.410 e. The number of benzene rings is 1. The number of piperidine rings is 1. The van der Waals surface area contributed by atoms with Gasteiger partial charge in [0.25, 0.3) is 0 Å². The largest absolute Gasteiger partial charge is 0.444 e. The summed E-state index contributed by atoms with van der Waals surface area (Å²) in [4.78, 5) is 17.0. The highest BCUT2D eigenvalue weighted by Crippen LogP contribution is 2.48. The Kier molecular flexibility index (Phi) is 3.94. The number of thioether (sulfide) groups is 1. The Morgan fingerprint density at radius 3 is 2.92 bits per heavy atom. The van der Waals surface area contributed by atoms with Gasteiger partial charge in [0.05, 0.1) is 0 Å². The van der Waals surface area contributed by atoms with Crippen LogP contribution < -0.4 is 4.90 Å². The van der Waals surface area contributed by atoms with Crippen LogP contribution in [0.4, 0.5) is 10.5 Å². The number of anilines is 1. The molecule has 3 aliphatic heterocycles. The van der Waals surface area contributed by atoms with Gasteiger partial charge in [-0.05, 0) is 38.3 Å². The SMILES string of the molecule is CC(C)(C)OC(=O)N1CC[C@@H]2[C@H](C1)c1cccc3c1N2CCSC3. The van der Waals surface area contributed by atoms with Gasteiger partial charge in [-0.25, -0.2) is 4.79 Å². The Morgan fingerprint density at radius 2 is 2.12 bits per heavy atom. The van der Waals surface area contributed by atoms with Crippen LogP contribution >= 0.6 is 11.8 Å². The molecule has 1 amide bonds. The van der Waals surface area contributed by atoms with Gasteiger partial charge in [0.15, 0.2) is 0 Å². The van der Waals surface area contributed by atoms with E-state index in [9.17, 15) is 4.79 Å². The fourth-order valence-electron chi connectivity index (χ4n) is 4.28. The Morgan fingerprint density at radius 1 is 1.29 bits per heavy atom. The Labute approximate surface area is 148 Å². The van der Waals surface area contributed by atoms with Crippen LogP contribution in [0, 0.1) is 0 Å². The second-order valence-electron chi connectivity index (χ2n) is 7.99. The van der Waals surface area contributed by atoms with E-state index in [1.807, 2.05) is 37.4 Å². The number of ether oxygens (including phenoxy) is 1. The van der Waals surface area contributed by atoms with Crippen LogP contribution in [0.15, 0.2) is 18.2 Å². The maximum atomic E-state index is 12.5. The molecule has 0 aromatic heterocycles. The van der Waals surface area contributed by atoms with Gasteiger partial charge in [0.2, 0.25) is 0 Å². The van der Waals surface area contributed by atoms with E-state index in [0.717, 1.165) is 31.8 Å². The number of carbonyl (C=O) groups is 1. The van der Waals surface area contributed by atoms with Gasteiger partial charge in [-0.3, -0.25) is 0 Å². The van der Waals surface area contributed by atoms with E-state index in [1.165, 1.54) is 22.6 Å². The summed E-state index contributed by atoms with van der Waals surface area (Å²) in [6.45, 7) is 8.49. The average molecular weight is 346 g/mol. The topological polar surface area (TPSA) is 32.8 Å². The van der Waals surface area contributed by atoms with E-state index in [1.54, 1.807) is 0 Å². The number of rotatable bonds is 0. The van der Waals surface area contributed by atoms with Crippen LogP contribution in [0.3, 0.4) is 0 Å². The molecule has 0 unspecified atom stereocenters. The first-order valence-corrected chi connectivity index (χ1v) is 10.0. The molecule has 24 heavy (non-hydrogen) atoms. The minimum absolute atomic E-state index is 0.167. The van der Waals surface area contributed by atoms with Crippen molar-refractivity contribution in [3.63, 3.8) is 0 Å². The minimum atomic E-state index is -0.432. The van der Waals surface area contributed by atoms with Gasteiger partial charge < -0.3 is 14.5 Å². The second kappa shape index (κ2) is 5.87. The molecule has 0 aliphatic carbocycles. The molecule has 4 nitrogen and oxygen atoms in total. The van der Waals surface area contributed by atoms with Crippen LogP contribution in [0.1, 0.15) is 44.2 Å². The van der Waals surface area contributed by atoms with Crippen molar-refractivity contribution < 1.29 is 9.53 Å². The average Bonchev–Trinajstić information content (AvgIpc) is 2.69. The fraction of sp³-hybridized carbons (Fsp3) is 0.632. The Balaban J connectivity index is 1.60. The van der Waals surface area contributed by atoms with E-state index < -0.39 is 5.60 Å². The molecule has 5 heteroatoms. The number of likely N-dealkylation sites (tertiary alicyclic amines) is 1. The molecule has 0 bridgehead atoms. The van der Waals surface area contributed by atoms with Crippen molar-refractivity contribution in [2.45, 2.75) is 50.5 Å². The van der Waals surface area contributed by atoms with Gasteiger partial charge in [-0.2, -0.15) is 11.8 Å². The monoisotopic (exact) mass is 346 g/mol. The predicted molar refractivity (Wildman–Crippen MR) is 98.9 cm³/mol. The van der Waals surface area contributed by atoms with Crippen molar-refractivity contribution in [2.24, 2.45) is 0 Å². The van der Waals surface area contributed by atoms with Gasteiger partial charge in [0, 0.05) is 48.8 Å². The highest BCUT2D eigenvalue weighted by atomic mass is 32.2. The normalized spacial score (nSPS) is 25.8. The molecule has 4 rings (SSSR count). The molecule has 0 radical (unpaired) electrons. The van der Waals surface area contributed by atoms with E-state index in [4.69, 9.17) is 4.74 Å². The Hall–Kier alpha value is -1.36. The number of amides is 1. The first-order chi connectivity index (χ1) is 11.4. The predicted octanol–water partition coefficient (Wildman–Crippen LogP) is 3.85. The van der Waals surface area contributed by atoms with Crippen molar-refractivity contribution in [2.75, 3.05) is 30.3 Å². The highest BCUT2D eigenvalue weighted by molar-refractivity contribution is 7.98. The number of carbonyl (C=O) groups excluding carboxylic acids is 1. The lowest BCUT2D eigenvalue weighted by atomic mass is 9.89. The van der Waals surface area contributed by atoms with E-state index in [2.05, 4.69) is 23.1 Å². The van der Waals surface area contributed by atoms with E-state index in [-0.39, 0.29) is 6.09 Å². The van der Waals surface area contributed by atoms with Crippen molar-refractivity contribution in [1.82, 2.24) is 4.90 Å². The zero-order valence-corrected chi connectivity index (χ0v) is 15.6. The zero-order valence-electron chi connectivity index (χ0n) is 14.7. The zero-order chi connectivity index (χ0) is 16.9. The molecular formula is C19H26N2O2S. The molecule has 3 heterocycles. The number of para-hydroxylation sites is 1. The summed E-state index contributed by atoms with van der Waals surface area (Å²) in [6.07, 6.45) is 0.864. The molecule has 0 spiro atoms. The van der Waals surface area contributed by atoms with Crippen molar-refractivity contribution in [3.05, 3.63) is 29.3 Å². The molecule has 1 aromatic rings. The molecule has 0 N–H and O–H groups in total. The number of hydrogen-bond donors (Lipinski definition) is 0. The van der Waals surface area contributed by atoms with Gasteiger partial charge in [-0.15, -0.1) is 0 Å². The smallest absolute Gasteiger partial charge is 0.410 e. The molecule has 0 saturated carbocycles. The van der Waals surface area contributed by atoms with Crippen LogP contribution in [-0.4, -0.2) is 48.0 Å². The second-order valence-corrected chi connectivity index (χ2v) is 9.09. The number of fused-ring (bicyclic) bond motifs is 3. The summed E-state index contributed by atoms with van der Waals surface area (Å²) in [5.41, 5.74) is 3.93. The lowest BCUT2D eigenvalue weighted by Crippen LogP contribution is -2.49. The van der Waals surface area contributed by atoms with E-state index >= 15 is 0 Å². The van der Waals surface area contributed by atoms with Gasteiger partial charge in [0.1, 0.15) is 5.60 Å². The summed E-state index contributed by atoms with van der Waals surface area (Å²) < 4.78 is 5.59. The summed E-state index contributed by atoms with van der Waals surface area (Å²) in [5, 5.41) is 0. The molecule has 130 valence electrons. The molecular weight excluding hydrogens is 320 g/mol. The molecule has 1 aromatic carbocycles. The van der Waals surface area contributed by atoms with E-state index in [0.29, 0.717) is 12.0 Å². The quantitative estimate of drug-likeness (QED) is 0.714. The summed E-state index contributed by atoms with van der Waals surface area (Å²) in [6, 6.07) is 7.27.